The maximum Gasteiger partial charge on any atom is 0.0442 e. The molecule has 0 bridgehead atoms. The van der Waals surface area contributed by atoms with Crippen LogP contribution in [0.3, 0.4) is 0 Å². The number of hydrogen-bond acceptors (Lipinski definition) is 1. The van der Waals surface area contributed by atoms with E-state index in [-0.39, 0.29) is 0 Å². The first kappa shape index (κ1) is 14.2. The molecular formula is C16H27N. The number of nitrogens with zero attached hydrogens (tertiary/aromatic N) is 1. The van der Waals surface area contributed by atoms with E-state index in [0.29, 0.717) is 17.8 Å². The maximum atomic E-state index is 4.85. The number of hydrogen-bond donors (Lipinski definition) is 0. The van der Waals surface area contributed by atoms with Gasteiger partial charge in [-0.05, 0) is 36.8 Å². The minimum Gasteiger partial charge on any atom is -0.258 e. The monoisotopic (exact) mass is 233 g/mol. The molecule has 0 aliphatic heterocycles. The summed E-state index contributed by atoms with van der Waals surface area (Å²) < 4.78 is 0. The van der Waals surface area contributed by atoms with Gasteiger partial charge in [0.25, 0.3) is 0 Å². The third kappa shape index (κ3) is 4.14. The molecule has 0 aliphatic rings. The summed E-state index contributed by atoms with van der Waals surface area (Å²) >= 11 is 0. The zero-order valence-corrected chi connectivity index (χ0v) is 12.0. The van der Waals surface area contributed by atoms with Crippen molar-refractivity contribution in [1.29, 1.82) is 0 Å². The molecule has 0 saturated carbocycles. The molecular weight excluding hydrogens is 206 g/mol. The summed E-state index contributed by atoms with van der Waals surface area (Å²) in [5.41, 5.74) is 2.54. The largest absolute Gasteiger partial charge is 0.258 e. The standard InChI is InChI=1S/C16H27N/c1-6-7-9-14-10-8-11-15(17-14)16(12(2)3)13(4)5/h8,10-13,16H,6-7,9H2,1-5H3. The minimum absolute atomic E-state index is 0.580. The molecule has 1 rings (SSSR count). The van der Waals surface area contributed by atoms with Gasteiger partial charge in [-0.15, -0.1) is 0 Å². The average molecular weight is 233 g/mol. The van der Waals surface area contributed by atoms with E-state index in [4.69, 9.17) is 4.98 Å². The van der Waals surface area contributed by atoms with Gasteiger partial charge in [-0.25, -0.2) is 0 Å². The fourth-order valence-corrected chi connectivity index (χ4v) is 2.63. The fourth-order valence-electron chi connectivity index (χ4n) is 2.63. The quantitative estimate of drug-likeness (QED) is 0.686. The number of unbranched alkanes of at least 4 members (excludes halogenated alkanes) is 1. The lowest BCUT2D eigenvalue weighted by Crippen LogP contribution is -2.15. The third-order valence-electron chi connectivity index (χ3n) is 3.39. The van der Waals surface area contributed by atoms with Gasteiger partial charge in [-0.1, -0.05) is 47.1 Å². The van der Waals surface area contributed by atoms with Crippen LogP contribution in [0.4, 0.5) is 0 Å². The molecule has 0 aliphatic carbocycles. The highest BCUT2D eigenvalue weighted by Gasteiger charge is 2.20. The summed E-state index contributed by atoms with van der Waals surface area (Å²) in [4.78, 5) is 4.85. The van der Waals surface area contributed by atoms with Crippen molar-refractivity contribution in [3.8, 4) is 0 Å². The summed E-state index contributed by atoms with van der Waals surface area (Å²) in [6.45, 7) is 11.4. The van der Waals surface area contributed by atoms with E-state index in [1.807, 2.05) is 0 Å². The molecule has 1 heterocycles. The number of rotatable bonds is 6. The Bertz CT molecular complexity index is 320. The molecule has 0 aromatic carbocycles. The summed E-state index contributed by atoms with van der Waals surface area (Å²) in [6.07, 6.45) is 3.60. The Balaban J connectivity index is 2.88. The number of aromatic nitrogens is 1. The Hall–Kier alpha value is -0.850. The Labute approximate surface area is 107 Å². The smallest absolute Gasteiger partial charge is 0.0442 e. The van der Waals surface area contributed by atoms with E-state index in [0.717, 1.165) is 6.42 Å². The maximum absolute atomic E-state index is 4.85. The van der Waals surface area contributed by atoms with Crippen molar-refractivity contribution < 1.29 is 0 Å². The molecule has 0 atom stereocenters. The molecule has 17 heavy (non-hydrogen) atoms. The van der Waals surface area contributed by atoms with Crippen LogP contribution in [0.25, 0.3) is 0 Å². The van der Waals surface area contributed by atoms with Gasteiger partial charge in [0.05, 0.1) is 0 Å². The number of aryl methyl sites for hydroxylation is 1. The van der Waals surface area contributed by atoms with Gasteiger partial charge in [-0.3, -0.25) is 4.98 Å². The highest BCUT2D eigenvalue weighted by molar-refractivity contribution is 5.16. The summed E-state index contributed by atoms with van der Waals surface area (Å²) in [7, 11) is 0. The molecule has 0 saturated heterocycles. The summed E-state index contributed by atoms with van der Waals surface area (Å²) in [5, 5.41) is 0. The van der Waals surface area contributed by atoms with Crippen molar-refractivity contribution >= 4 is 0 Å². The predicted molar refractivity (Wildman–Crippen MR) is 75.3 cm³/mol. The molecule has 96 valence electrons. The van der Waals surface area contributed by atoms with Gasteiger partial charge in [0.15, 0.2) is 0 Å². The Kier molecular flexibility index (Phi) is 5.67. The highest BCUT2D eigenvalue weighted by Crippen LogP contribution is 2.30. The molecule has 0 unspecified atom stereocenters. The average Bonchev–Trinajstić information content (AvgIpc) is 2.26. The first-order valence-electron chi connectivity index (χ1n) is 7.02. The first-order valence-corrected chi connectivity index (χ1v) is 7.02. The highest BCUT2D eigenvalue weighted by atomic mass is 14.7. The van der Waals surface area contributed by atoms with E-state index in [1.54, 1.807) is 0 Å². The van der Waals surface area contributed by atoms with Crippen molar-refractivity contribution in [2.24, 2.45) is 11.8 Å². The molecule has 0 radical (unpaired) electrons. The molecule has 0 spiro atoms. The van der Waals surface area contributed by atoms with Gasteiger partial charge in [0, 0.05) is 17.3 Å². The van der Waals surface area contributed by atoms with Gasteiger partial charge >= 0.3 is 0 Å². The van der Waals surface area contributed by atoms with Crippen LogP contribution in [-0.2, 0) is 6.42 Å². The van der Waals surface area contributed by atoms with Crippen LogP contribution in [0.5, 0.6) is 0 Å². The summed E-state index contributed by atoms with van der Waals surface area (Å²) in [5.74, 6) is 1.89. The molecule has 1 aromatic heterocycles. The molecule has 0 N–H and O–H groups in total. The van der Waals surface area contributed by atoms with Gasteiger partial charge < -0.3 is 0 Å². The van der Waals surface area contributed by atoms with Crippen molar-refractivity contribution in [2.75, 3.05) is 0 Å². The van der Waals surface area contributed by atoms with Crippen molar-refractivity contribution in [1.82, 2.24) is 4.98 Å². The van der Waals surface area contributed by atoms with E-state index >= 15 is 0 Å². The lowest BCUT2D eigenvalue weighted by molar-refractivity contribution is 0.379. The predicted octanol–water partition coefficient (Wildman–Crippen LogP) is 4.82. The van der Waals surface area contributed by atoms with Crippen LogP contribution < -0.4 is 0 Å². The van der Waals surface area contributed by atoms with Gasteiger partial charge in [0.1, 0.15) is 0 Å². The summed E-state index contributed by atoms with van der Waals surface area (Å²) in [6, 6.07) is 6.53. The lowest BCUT2D eigenvalue weighted by atomic mass is 9.82. The van der Waals surface area contributed by atoms with E-state index < -0.39 is 0 Å². The Morgan fingerprint density at radius 3 is 2.24 bits per heavy atom. The van der Waals surface area contributed by atoms with Gasteiger partial charge in [-0.2, -0.15) is 0 Å². The van der Waals surface area contributed by atoms with Crippen LogP contribution in [0, 0.1) is 11.8 Å². The number of pyridine rings is 1. The second-order valence-corrected chi connectivity index (χ2v) is 5.67. The van der Waals surface area contributed by atoms with Crippen molar-refractivity contribution in [3.05, 3.63) is 29.6 Å². The van der Waals surface area contributed by atoms with Crippen LogP contribution in [0.15, 0.2) is 18.2 Å². The second kappa shape index (κ2) is 6.78. The second-order valence-electron chi connectivity index (χ2n) is 5.67. The van der Waals surface area contributed by atoms with Crippen molar-refractivity contribution in [3.63, 3.8) is 0 Å². The molecule has 1 aromatic rings. The Morgan fingerprint density at radius 2 is 1.71 bits per heavy atom. The van der Waals surface area contributed by atoms with Crippen LogP contribution in [-0.4, -0.2) is 4.98 Å². The Morgan fingerprint density at radius 1 is 1.06 bits per heavy atom. The first-order chi connectivity index (χ1) is 8.06. The molecule has 1 heteroatoms. The van der Waals surface area contributed by atoms with E-state index in [9.17, 15) is 0 Å². The van der Waals surface area contributed by atoms with Crippen molar-refractivity contribution in [2.45, 2.75) is 59.8 Å². The topological polar surface area (TPSA) is 12.9 Å². The lowest BCUT2D eigenvalue weighted by Gasteiger charge is -2.24. The fraction of sp³-hybridized carbons (Fsp3) is 0.688. The molecule has 0 amide bonds. The minimum atomic E-state index is 0.580. The molecule has 0 fully saturated rings. The normalized spacial score (nSPS) is 11.8. The van der Waals surface area contributed by atoms with E-state index in [1.165, 1.54) is 24.2 Å². The van der Waals surface area contributed by atoms with Gasteiger partial charge in [0.2, 0.25) is 0 Å². The van der Waals surface area contributed by atoms with E-state index in [2.05, 4.69) is 52.8 Å². The zero-order valence-electron chi connectivity index (χ0n) is 12.0. The molecule has 1 nitrogen and oxygen atoms in total. The van der Waals surface area contributed by atoms with Crippen LogP contribution in [0.1, 0.15) is 64.8 Å². The van der Waals surface area contributed by atoms with Crippen LogP contribution >= 0.6 is 0 Å². The third-order valence-corrected chi connectivity index (χ3v) is 3.39. The van der Waals surface area contributed by atoms with Crippen LogP contribution in [0.2, 0.25) is 0 Å². The SMILES string of the molecule is CCCCc1cccc(C(C(C)C)C(C)C)n1. The zero-order chi connectivity index (χ0) is 12.8.